The van der Waals surface area contributed by atoms with Crippen LogP contribution >= 0.6 is 0 Å². The molecule has 1 aliphatic heterocycles. The van der Waals surface area contributed by atoms with Crippen molar-refractivity contribution in [2.24, 2.45) is 5.73 Å². The van der Waals surface area contributed by atoms with Crippen LogP contribution in [0.15, 0.2) is 82.2 Å². The highest BCUT2D eigenvalue weighted by molar-refractivity contribution is 7.92. The van der Waals surface area contributed by atoms with E-state index in [0.717, 1.165) is 20.0 Å². The van der Waals surface area contributed by atoms with Gasteiger partial charge in [-0.25, -0.2) is 18.0 Å². The molecule has 1 saturated carbocycles. The van der Waals surface area contributed by atoms with Crippen LogP contribution in [-0.2, 0) is 28.9 Å². The molecule has 9 nitrogen and oxygen atoms in total. The molecule has 2 N–H and O–H groups in total. The van der Waals surface area contributed by atoms with Crippen molar-refractivity contribution in [2.75, 3.05) is 19.1 Å². The SMILES string of the molecule is COC(=O)C1=C(C(=O)OC)N(c2cccc(S(=O)(=O)C3CCCC3)c2)C(N)=C(C#N)C1c1ccccc1. The second-order valence-corrected chi connectivity index (χ2v) is 11.0. The van der Waals surface area contributed by atoms with E-state index in [2.05, 4.69) is 6.07 Å². The quantitative estimate of drug-likeness (QED) is 0.567. The topological polar surface area (TPSA) is 140 Å². The Morgan fingerprint density at radius 1 is 1.00 bits per heavy atom. The lowest BCUT2D eigenvalue weighted by Gasteiger charge is -2.36. The van der Waals surface area contributed by atoms with Crippen LogP contribution in [-0.4, -0.2) is 39.8 Å². The van der Waals surface area contributed by atoms with Gasteiger partial charge in [-0.05, 0) is 36.6 Å². The Bertz CT molecular complexity index is 1430. The number of anilines is 1. The second kappa shape index (κ2) is 10.5. The minimum atomic E-state index is -3.64. The van der Waals surface area contributed by atoms with E-state index in [-0.39, 0.29) is 33.2 Å². The molecule has 1 atom stereocenters. The van der Waals surface area contributed by atoms with E-state index < -0.39 is 32.9 Å². The largest absolute Gasteiger partial charge is 0.466 e. The predicted octanol–water partition coefficient (Wildman–Crippen LogP) is 3.30. The summed E-state index contributed by atoms with van der Waals surface area (Å²) in [7, 11) is -1.32. The summed E-state index contributed by atoms with van der Waals surface area (Å²) in [4.78, 5) is 27.6. The molecule has 0 bridgehead atoms. The van der Waals surface area contributed by atoms with Crippen LogP contribution in [0.3, 0.4) is 0 Å². The summed E-state index contributed by atoms with van der Waals surface area (Å²) >= 11 is 0. The number of carbonyl (C=O) groups is 2. The van der Waals surface area contributed by atoms with E-state index in [0.29, 0.717) is 18.4 Å². The first-order valence-corrected chi connectivity index (χ1v) is 13.3. The summed E-state index contributed by atoms with van der Waals surface area (Å²) < 4.78 is 36.7. The zero-order valence-corrected chi connectivity index (χ0v) is 21.3. The Morgan fingerprint density at radius 2 is 1.65 bits per heavy atom. The van der Waals surface area contributed by atoms with Crippen LogP contribution in [0.5, 0.6) is 0 Å². The maximum absolute atomic E-state index is 13.3. The number of carbonyl (C=O) groups excluding carboxylic acids is 2. The molecule has 2 aromatic rings. The Hall–Kier alpha value is -4.10. The van der Waals surface area contributed by atoms with Gasteiger partial charge in [0.25, 0.3) is 0 Å². The molecule has 1 aliphatic carbocycles. The van der Waals surface area contributed by atoms with Gasteiger partial charge >= 0.3 is 11.9 Å². The van der Waals surface area contributed by atoms with Crippen LogP contribution in [0.2, 0.25) is 0 Å². The lowest BCUT2D eigenvalue weighted by atomic mass is 9.81. The van der Waals surface area contributed by atoms with Crippen molar-refractivity contribution in [1.82, 2.24) is 0 Å². The van der Waals surface area contributed by atoms with Crippen LogP contribution in [0.25, 0.3) is 0 Å². The van der Waals surface area contributed by atoms with E-state index >= 15 is 0 Å². The molecule has 0 aromatic heterocycles. The van der Waals surface area contributed by atoms with Crippen LogP contribution < -0.4 is 10.6 Å². The number of nitrogens with zero attached hydrogens (tertiary/aromatic N) is 2. The fourth-order valence-electron chi connectivity index (χ4n) is 4.97. The highest BCUT2D eigenvalue weighted by Crippen LogP contribution is 2.43. The normalized spacial score (nSPS) is 18.5. The molecule has 1 fully saturated rings. The van der Waals surface area contributed by atoms with E-state index in [1.807, 2.05) is 0 Å². The van der Waals surface area contributed by atoms with Crippen molar-refractivity contribution >= 4 is 27.5 Å². The van der Waals surface area contributed by atoms with Gasteiger partial charge in [-0.1, -0.05) is 49.2 Å². The first-order valence-electron chi connectivity index (χ1n) is 11.8. The lowest BCUT2D eigenvalue weighted by Crippen LogP contribution is -2.40. The molecule has 192 valence electrons. The van der Waals surface area contributed by atoms with Gasteiger partial charge in [-0.2, -0.15) is 5.26 Å². The maximum Gasteiger partial charge on any atom is 0.355 e. The summed E-state index contributed by atoms with van der Waals surface area (Å²) in [5.41, 5.74) is 6.84. The predicted molar refractivity (Wildman–Crippen MR) is 135 cm³/mol. The average molecular weight is 522 g/mol. The number of nitrogens with two attached hydrogens (primary N) is 1. The van der Waals surface area contributed by atoms with Gasteiger partial charge in [-0.15, -0.1) is 0 Å². The number of hydrogen-bond acceptors (Lipinski definition) is 9. The Morgan fingerprint density at radius 3 is 2.24 bits per heavy atom. The monoisotopic (exact) mass is 521 g/mol. The van der Waals surface area contributed by atoms with Crippen LogP contribution in [0.4, 0.5) is 5.69 Å². The summed E-state index contributed by atoms with van der Waals surface area (Å²) in [5, 5.41) is 9.65. The fraction of sp³-hybridized carbons (Fsp3) is 0.296. The molecule has 4 rings (SSSR count). The Kier molecular flexibility index (Phi) is 7.36. The van der Waals surface area contributed by atoms with Crippen molar-refractivity contribution in [3.05, 3.63) is 82.8 Å². The molecule has 37 heavy (non-hydrogen) atoms. The van der Waals surface area contributed by atoms with Crippen molar-refractivity contribution in [3.8, 4) is 6.07 Å². The number of rotatable bonds is 6. The van der Waals surface area contributed by atoms with Crippen LogP contribution in [0.1, 0.15) is 37.2 Å². The van der Waals surface area contributed by atoms with E-state index in [9.17, 15) is 23.3 Å². The molecule has 2 aliphatic rings. The van der Waals surface area contributed by atoms with Crippen LogP contribution in [0, 0.1) is 11.3 Å². The third kappa shape index (κ3) is 4.58. The minimum Gasteiger partial charge on any atom is -0.466 e. The van der Waals surface area contributed by atoms with Gasteiger partial charge in [0, 0.05) is 5.69 Å². The zero-order valence-electron chi connectivity index (χ0n) is 20.5. The number of hydrogen-bond donors (Lipinski definition) is 1. The molecule has 0 spiro atoms. The molecule has 0 saturated heterocycles. The number of benzene rings is 2. The first-order chi connectivity index (χ1) is 17.8. The molecule has 1 unspecified atom stereocenters. The standard InChI is InChI=1S/C27H27N3O6S/c1-35-26(31)23-22(17-9-4-3-5-10-17)21(16-28)25(29)30(24(23)27(32)36-2)18-11-8-14-20(15-18)37(33,34)19-12-6-7-13-19/h3-5,8-11,14-15,19,22H,6-7,12-13,29H2,1-2H3. The smallest absolute Gasteiger partial charge is 0.355 e. The summed E-state index contributed by atoms with van der Waals surface area (Å²) in [5.74, 6) is -2.88. The Balaban J connectivity index is 1.98. The fourth-order valence-corrected chi connectivity index (χ4v) is 6.86. The molecular weight excluding hydrogens is 494 g/mol. The van der Waals surface area contributed by atoms with Gasteiger partial charge in [0.1, 0.15) is 11.5 Å². The number of sulfone groups is 1. The number of esters is 2. The number of nitriles is 1. The highest BCUT2D eigenvalue weighted by atomic mass is 32.2. The summed E-state index contributed by atoms with van der Waals surface area (Å²) in [6, 6.07) is 16.7. The first kappa shape index (κ1) is 26.0. The van der Waals surface area contributed by atoms with Crippen molar-refractivity contribution in [1.29, 1.82) is 5.26 Å². The lowest BCUT2D eigenvalue weighted by molar-refractivity contribution is -0.139. The third-order valence-electron chi connectivity index (χ3n) is 6.76. The molecule has 2 aromatic carbocycles. The number of methoxy groups -OCH3 is 2. The number of allylic oxidation sites excluding steroid dienone is 1. The van der Waals surface area contributed by atoms with Crippen molar-refractivity contribution < 1.29 is 27.5 Å². The molecule has 10 heteroatoms. The molecular formula is C27H27N3O6S. The molecule has 0 amide bonds. The molecule has 0 radical (unpaired) electrons. The van der Waals surface area contributed by atoms with Gasteiger partial charge in [0.2, 0.25) is 0 Å². The van der Waals surface area contributed by atoms with E-state index in [1.165, 1.54) is 30.2 Å². The highest BCUT2D eigenvalue weighted by Gasteiger charge is 2.43. The van der Waals surface area contributed by atoms with E-state index in [4.69, 9.17) is 15.2 Å². The number of ether oxygens (including phenoxy) is 2. The second-order valence-electron chi connectivity index (χ2n) is 8.78. The van der Waals surface area contributed by atoms with E-state index in [1.54, 1.807) is 36.4 Å². The Labute approximate surface area is 215 Å². The van der Waals surface area contributed by atoms with Crippen molar-refractivity contribution in [2.45, 2.75) is 41.7 Å². The molecule has 1 heterocycles. The van der Waals surface area contributed by atoms with Gasteiger partial charge < -0.3 is 15.2 Å². The van der Waals surface area contributed by atoms with Gasteiger partial charge in [0.05, 0.1) is 47.5 Å². The van der Waals surface area contributed by atoms with Crippen molar-refractivity contribution in [3.63, 3.8) is 0 Å². The van der Waals surface area contributed by atoms with Gasteiger partial charge in [-0.3, -0.25) is 4.90 Å². The zero-order chi connectivity index (χ0) is 26.7. The minimum absolute atomic E-state index is 0.00306. The maximum atomic E-state index is 13.3. The summed E-state index contributed by atoms with van der Waals surface area (Å²) in [6.45, 7) is 0. The summed E-state index contributed by atoms with van der Waals surface area (Å²) in [6.07, 6.45) is 2.84. The van der Waals surface area contributed by atoms with Gasteiger partial charge in [0.15, 0.2) is 9.84 Å². The third-order valence-corrected chi connectivity index (χ3v) is 9.02. The average Bonchev–Trinajstić information content (AvgIpc) is 3.48.